The number of aryl methyl sites for hydroxylation is 2. The van der Waals surface area contributed by atoms with E-state index in [2.05, 4.69) is 59.9 Å². The Morgan fingerprint density at radius 3 is 1.45 bits per heavy atom. The minimum absolute atomic E-state index is 0. The van der Waals surface area contributed by atoms with Crippen LogP contribution in [0.25, 0.3) is 0 Å². The van der Waals surface area contributed by atoms with Crippen molar-refractivity contribution in [1.29, 1.82) is 0 Å². The van der Waals surface area contributed by atoms with Crippen molar-refractivity contribution < 1.29 is 45.6 Å². The van der Waals surface area contributed by atoms with Crippen LogP contribution in [0.4, 0.5) is 13.2 Å². The van der Waals surface area contributed by atoms with Crippen molar-refractivity contribution in [3.05, 3.63) is 65.0 Å². The minimum Gasteiger partial charge on any atom is -0.741 e. The molecule has 8 heteroatoms. The third-order valence-electron chi connectivity index (χ3n) is 5.67. The summed E-state index contributed by atoms with van der Waals surface area (Å²) in [4.78, 5) is 0. The standard InChI is InChI=1S/C11H15.C11H16.CHF3O3S.Ru/c1-2-4-7-11-9-5-8-10(11)6-3-1;1-7-6-8(2)10(4)11(5)9(7)3;2-1(3,4)8(5,6)7;/h5,8-9H,1-4,6-7H2;6H,1-5H3;(H,5,6,7);/q;;;+2/p-1. The second-order valence-corrected chi connectivity index (χ2v) is 9.15. The second kappa shape index (κ2) is 13.3. The molecule has 1 aromatic carbocycles. The first kappa shape index (κ1) is 30.5. The zero-order valence-electron chi connectivity index (χ0n) is 18.7. The summed E-state index contributed by atoms with van der Waals surface area (Å²) in [7, 11) is -6.09. The van der Waals surface area contributed by atoms with E-state index in [1.807, 2.05) is 0 Å². The van der Waals surface area contributed by atoms with E-state index in [0.29, 0.717) is 0 Å². The summed E-state index contributed by atoms with van der Waals surface area (Å²) in [5.74, 6) is 3.23. The molecule has 0 unspecified atom stereocenters. The fraction of sp³-hybridized carbons (Fsp3) is 0.522. The van der Waals surface area contributed by atoms with E-state index < -0.39 is 15.6 Å². The Morgan fingerprint density at radius 2 is 1.13 bits per heavy atom. The van der Waals surface area contributed by atoms with Gasteiger partial charge in [-0.1, -0.05) is 31.7 Å². The molecule has 2 aliphatic carbocycles. The first-order valence-corrected chi connectivity index (χ1v) is 11.5. The van der Waals surface area contributed by atoms with Crippen molar-refractivity contribution in [1.82, 2.24) is 0 Å². The van der Waals surface area contributed by atoms with Crippen LogP contribution in [-0.4, -0.2) is 18.5 Å². The molecule has 2 saturated carbocycles. The van der Waals surface area contributed by atoms with Gasteiger partial charge in [-0.3, -0.25) is 0 Å². The van der Waals surface area contributed by atoms with E-state index in [1.54, 1.807) is 11.8 Å². The van der Waals surface area contributed by atoms with E-state index in [4.69, 9.17) is 13.0 Å². The number of hydrogen-bond acceptors (Lipinski definition) is 3. The maximum absolute atomic E-state index is 10.7. The molecule has 175 valence electrons. The molecule has 31 heavy (non-hydrogen) atoms. The van der Waals surface area contributed by atoms with Crippen LogP contribution in [0.3, 0.4) is 0 Å². The van der Waals surface area contributed by atoms with Gasteiger partial charge in [0, 0.05) is 0 Å². The van der Waals surface area contributed by atoms with Gasteiger partial charge in [0.05, 0.1) is 0 Å². The van der Waals surface area contributed by atoms with Crippen molar-refractivity contribution in [2.75, 3.05) is 0 Å². The number of benzene rings is 1. The molecule has 0 atom stereocenters. The van der Waals surface area contributed by atoms with Crippen molar-refractivity contribution in [2.45, 2.75) is 78.7 Å². The van der Waals surface area contributed by atoms with Crippen LogP contribution in [0.2, 0.25) is 0 Å². The van der Waals surface area contributed by atoms with Crippen molar-refractivity contribution >= 4 is 10.1 Å². The van der Waals surface area contributed by atoms with Crippen LogP contribution in [0, 0.1) is 65.7 Å². The van der Waals surface area contributed by atoms with Gasteiger partial charge in [0.2, 0.25) is 0 Å². The van der Waals surface area contributed by atoms with Gasteiger partial charge in [0.15, 0.2) is 10.1 Å². The Balaban J connectivity index is 0.000000436. The van der Waals surface area contributed by atoms with Crippen LogP contribution in [0.15, 0.2) is 6.07 Å². The summed E-state index contributed by atoms with van der Waals surface area (Å²) in [5, 5.41) is 0. The predicted molar refractivity (Wildman–Crippen MR) is 113 cm³/mol. The van der Waals surface area contributed by atoms with Gasteiger partial charge in [-0.05, 0) is 106 Å². The molecule has 0 N–H and O–H groups in total. The molecule has 5 radical (unpaired) electrons. The van der Waals surface area contributed by atoms with Crippen LogP contribution in [0.5, 0.6) is 0 Å². The van der Waals surface area contributed by atoms with Gasteiger partial charge in [-0.15, -0.1) is 0 Å². The second-order valence-electron chi connectivity index (χ2n) is 7.78. The number of halogens is 3. The molecular weight excluding hydrogens is 514 g/mol. The minimum atomic E-state index is -6.09. The average Bonchev–Trinajstić information content (AvgIpc) is 3.04. The summed E-state index contributed by atoms with van der Waals surface area (Å²) >= 11 is 0. The summed E-state index contributed by atoms with van der Waals surface area (Å²) in [6, 6.07) is 2.26. The topological polar surface area (TPSA) is 57.2 Å². The smallest absolute Gasteiger partial charge is 0.741 e. The third kappa shape index (κ3) is 9.92. The first-order valence-electron chi connectivity index (χ1n) is 10.0. The van der Waals surface area contributed by atoms with Crippen LogP contribution >= 0.6 is 0 Å². The van der Waals surface area contributed by atoms with E-state index in [9.17, 15) is 13.2 Å². The summed E-state index contributed by atoms with van der Waals surface area (Å²) < 4.78 is 58.9. The molecule has 2 fully saturated rings. The molecule has 3 nitrogen and oxygen atoms in total. The normalized spacial score (nSPS) is 17.7. The molecule has 0 aliphatic heterocycles. The molecule has 0 bridgehead atoms. The Labute approximate surface area is 199 Å². The molecular formula is C23H31F3O3RuS+. The molecule has 0 spiro atoms. The molecule has 0 saturated heterocycles. The fourth-order valence-electron chi connectivity index (χ4n) is 3.38. The zero-order chi connectivity index (χ0) is 23.1. The van der Waals surface area contributed by atoms with Gasteiger partial charge in [0.25, 0.3) is 0 Å². The molecule has 0 amide bonds. The van der Waals surface area contributed by atoms with E-state index in [-0.39, 0.29) is 19.5 Å². The van der Waals surface area contributed by atoms with Crippen molar-refractivity contribution in [2.24, 2.45) is 0 Å². The number of hydrogen-bond donors (Lipinski definition) is 0. The Hall–Kier alpha value is -0.457. The van der Waals surface area contributed by atoms with Crippen LogP contribution in [-0.2, 0) is 29.6 Å². The van der Waals surface area contributed by atoms with Gasteiger partial charge < -0.3 is 4.55 Å². The van der Waals surface area contributed by atoms with E-state index in [1.165, 1.54) is 66.3 Å². The van der Waals surface area contributed by atoms with Gasteiger partial charge in [-0.25, -0.2) is 8.42 Å². The van der Waals surface area contributed by atoms with Gasteiger partial charge >= 0.3 is 25.0 Å². The monoisotopic (exact) mass is 546 g/mol. The van der Waals surface area contributed by atoms with Crippen molar-refractivity contribution in [3.63, 3.8) is 0 Å². The summed E-state index contributed by atoms with van der Waals surface area (Å²) in [6.07, 6.45) is 15.1. The zero-order valence-corrected chi connectivity index (χ0v) is 21.2. The Bertz CT molecular complexity index is 752. The third-order valence-corrected chi connectivity index (χ3v) is 6.24. The van der Waals surface area contributed by atoms with Gasteiger partial charge in [0.1, 0.15) is 0 Å². The van der Waals surface area contributed by atoms with Crippen LogP contribution in [0.1, 0.15) is 66.3 Å². The number of alkyl halides is 3. The first-order chi connectivity index (χ1) is 13.8. The SMILES string of the molecule is Cc1cc(C)c(C)c(C)c1C.O=S(=O)([O-])C(F)(F)F.[CH]1[CH][C]2CCCCCC[C]2[CH]1.[Ru+2]. The average molecular weight is 546 g/mol. The molecule has 0 heterocycles. The predicted octanol–water partition coefficient (Wildman–Crippen LogP) is 6.39. The quantitative estimate of drug-likeness (QED) is 0.216. The molecule has 0 aromatic heterocycles. The summed E-state index contributed by atoms with van der Waals surface area (Å²) in [5.41, 5.74) is 1.49. The summed E-state index contributed by atoms with van der Waals surface area (Å²) in [6.45, 7) is 10.9. The maximum Gasteiger partial charge on any atom is 2.00 e. The molecule has 2 aliphatic rings. The molecule has 1 aromatic rings. The maximum atomic E-state index is 10.7. The fourth-order valence-corrected chi connectivity index (χ4v) is 3.38. The Kier molecular flexibility index (Phi) is 13.1. The number of rotatable bonds is 0. The molecule has 3 rings (SSSR count). The number of fused-ring (bicyclic) bond motifs is 1. The Morgan fingerprint density at radius 1 is 0.774 bits per heavy atom. The van der Waals surface area contributed by atoms with Gasteiger partial charge in [-0.2, -0.15) is 13.2 Å². The van der Waals surface area contributed by atoms with E-state index >= 15 is 0 Å². The van der Waals surface area contributed by atoms with Crippen molar-refractivity contribution in [3.8, 4) is 0 Å². The van der Waals surface area contributed by atoms with E-state index in [0.717, 1.165) is 0 Å². The van der Waals surface area contributed by atoms with Crippen LogP contribution < -0.4 is 0 Å². The largest absolute Gasteiger partial charge is 2.00 e.